The number of anilines is 1. The molecule has 0 aromatic carbocycles. The van der Waals surface area contributed by atoms with Crippen LogP contribution in [-0.4, -0.2) is 50.3 Å². The molecular weight excluding hydrogens is 342 g/mol. The molecule has 1 fully saturated rings. The van der Waals surface area contributed by atoms with Crippen molar-refractivity contribution in [2.75, 3.05) is 31.1 Å². The summed E-state index contributed by atoms with van der Waals surface area (Å²) in [6.07, 6.45) is 3.35. The van der Waals surface area contributed by atoms with E-state index in [0.717, 1.165) is 37.5 Å². The van der Waals surface area contributed by atoms with Crippen molar-refractivity contribution in [3.63, 3.8) is 0 Å². The fraction of sp³-hybridized carbons (Fsp3) is 0.368. The number of hydrogen-bond donors (Lipinski definition) is 1. The van der Waals surface area contributed by atoms with Gasteiger partial charge in [0.25, 0.3) is 0 Å². The minimum atomic E-state index is -0.183. The maximum absolute atomic E-state index is 13.3. The molecule has 3 aromatic rings. The lowest BCUT2D eigenvalue weighted by atomic mass is 10.3. The molecule has 8 heteroatoms. The van der Waals surface area contributed by atoms with Crippen molar-refractivity contribution in [3.05, 3.63) is 40.8 Å². The average molecular weight is 363 g/mol. The maximum atomic E-state index is 13.3. The summed E-state index contributed by atoms with van der Waals surface area (Å²) in [7, 11) is 0. The Morgan fingerprint density at radius 1 is 1.26 bits per heavy atom. The van der Waals surface area contributed by atoms with Gasteiger partial charge in [0.05, 0.1) is 18.4 Å². The number of imidazole rings is 1. The van der Waals surface area contributed by atoms with E-state index in [1.807, 2.05) is 19.1 Å². The minimum absolute atomic E-state index is 0.183. The molecule has 0 saturated carbocycles. The fourth-order valence-electron chi connectivity index (χ4n) is 3.36. The van der Waals surface area contributed by atoms with Gasteiger partial charge >= 0.3 is 5.69 Å². The zero-order valence-electron chi connectivity index (χ0n) is 15.4. The van der Waals surface area contributed by atoms with Gasteiger partial charge in [-0.3, -0.25) is 9.55 Å². The van der Waals surface area contributed by atoms with Crippen molar-refractivity contribution in [3.8, 4) is 17.5 Å². The molecule has 8 nitrogen and oxygen atoms in total. The van der Waals surface area contributed by atoms with Crippen LogP contribution < -0.4 is 15.9 Å². The number of aromatic nitrogens is 5. The number of nitrogens with zero attached hydrogens (tertiary/aromatic N) is 6. The van der Waals surface area contributed by atoms with Crippen LogP contribution in [0.15, 0.2) is 29.3 Å². The Hall–Kier alpha value is -3.18. The molecule has 27 heavy (non-hydrogen) atoms. The van der Waals surface area contributed by atoms with Crippen molar-refractivity contribution in [1.29, 1.82) is 0 Å². The lowest BCUT2D eigenvalue weighted by Crippen LogP contribution is -2.44. The standard InChI is InChI=1S/C19H21N7O/c1-3-4-10-25-16-17(24-11-8-20-9-12-24)22-14(2)23-18(16)26(19(25)27)15-6-5-7-21-13-15/h5-7,13,20H,8-12H2,1-2H3. The highest BCUT2D eigenvalue weighted by Crippen LogP contribution is 2.25. The Labute approximate surface area is 156 Å². The van der Waals surface area contributed by atoms with Gasteiger partial charge in [-0.25, -0.2) is 19.3 Å². The van der Waals surface area contributed by atoms with Gasteiger partial charge < -0.3 is 10.2 Å². The molecule has 0 radical (unpaired) electrons. The second kappa shape index (κ2) is 7.21. The predicted octanol–water partition coefficient (Wildman–Crippen LogP) is 0.719. The largest absolute Gasteiger partial charge is 0.352 e. The number of nitrogens with one attached hydrogen (secondary N) is 1. The topological polar surface area (TPSA) is 80.9 Å². The van der Waals surface area contributed by atoms with E-state index in [4.69, 9.17) is 4.98 Å². The van der Waals surface area contributed by atoms with Crippen LogP contribution in [0.5, 0.6) is 0 Å². The highest BCUT2D eigenvalue weighted by atomic mass is 16.1. The molecule has 138 valence electrons. The van der Waals surface area contributed by atoms with Crippen LogP contribution in [0.25, 0.3) is 16.9 Å². The minimum Gasteiger partial charge on any atom is -0.352 e. The molecule has 0 unspecified atom stereocenters. The lowest BCUT2D eigenvalue weighted by Gasteiger charge is -2.29. The Kier molecular flexibility index (Phi) is 4.60. The molecule has 0 atom stereocenters. The molecule has 0 amide bonds. The number of pyridine rings is 1. The number of aryl methyl sites for hydroxylation is 1. The maximum Gasteiger partial charge on any atom is 0.335 e. The van der Waals surface area contributed by atoms with E-state index in [1.54, 1.807) is 28.5 Å². The van der Waals surface area contributed by atoms with E-state index in [2.05, 4.69) is 32.0 Å². The summed E-state index contributed by atoms with van der Waals surface area (Å²) in [5.74, 6) is 7.30. The first-order valence-electron chi connectivity index (χ1n) is 8.96. The summed E-state index contributed by atoms with van der Waals surface area (Å²) >= 11 is 0. The molecule has 1 N–H and O–H groups in total. The number of hydrogen-bond acceptors (Lipinski definition) is 6. The first kappa shape index (κ1) is 17.2. The summed E-state index contributed by atoms with van der Waals surface area (Å²) in [5.41, 5.74) is 1.81. The van der Waals surface area contributed by atoms with E-state index >= 15 is 0 Å². The molecule has 1 aliphatic rings. The normalized spacial score (nSPS) is 14.2. The molecule has 1 aliphatic heterocycles. The van der Waals surface area contributed by atoms with Gasteiger partial charge in [0, 0.05) is 32.4 Å². The lowest BCUT2D eigenvalue weighted by molar-refractivity contribution is 0.584. The molecule has 0 aliphatic carbocycles. The second-order valence-electron chi connectivity index (χ2n) is 6.35. The van der Waals surface area contributed by atoms with Gasteiger partial charge in [0.15, 0.2) is 11.5 Å². The van der Waals surface area contributed by atoms with Crippen molar-refractivity contribution in [1.82, 2.24) is 29.4 Å². The van der Waals surface area contributed by atoms with Gasteiger partial charge in [-0.15, -0.1) is 5.92 Å². The van der Waals surface area contributed by atoms with E-state index in [0.29, 0.717) is 23.7 Å². The number of piperazine rings is 1. The Morgan fingerprint density at radius 2 is 2.07 bits per heavy atom. The number of fused-ring (bicyclic) bond motifs is 1. The van der Waals surface area contributed by atoms with Gasteiger partial charge in [-0.2, -0.15) is 0 Å². The van der Waals surface area contributed by atoms with Crippen molar-refractivity contribution < 1.29 is 0 Å². The fourth-order valence-corrected chi connectivity index (χ4v) is 3.36. The third-order valence-corrected chi connectivity index (χ3v) is 4.60. The van der Waals surface area contributed by atoms with Crippen LogP contribution in [-0.2, 0) is 6.54 Å². The van der Waals surface area contributed by atoms with E-state index in [1.165, 1.54) is 0 Å². The Balaban J connectivity index is 2.04. The van der Waals surface area contributed by atoms with E-state index in [-0.39, 0.29) is 5.69 Å². The summed E-state index contributed by atoms with van der Waals surface area (Å²) in [5, 5.41) is 3.35. The average Bonchev–Trinajstić information content (AvgIpc) is 2.98. The van der Waals surface area contributed by atoms with E-state index < -0.39 is 0 Å². The second-order valence-corrected chi connectivity index (χ2v) is 6.35. The van der Waals surface area contributed by atoms with Gasteiger partial charge in [-0.05, 0) is 26.0 Å². The first-order valence-corrected chi connectivity index (χ1v) is 8.96. The molecule has 0 bridgehead atoms. The number of rotatable bonds is 3. The van der Waals surface area contributed by atoms with Crippen molar-refractivity contribution in [2.45, 2.75) is 20.4 Å². The van der Waals surface area contributed by atoms with Crippen LogP contribution >= 0.6 is 0 Å². The molecule has 4 heterocycles. The van der Waals surface area contributed by atoms with Crippen LogP contribution in [0.1, 0.15) is 12.7 Å². The summed E-state index contributed by atoms with van der Waals surface area (Å²) in [6, 6.07) is 3.66. The van der Waals surface area contributed by atoms with Gasteiger partial charge in [0.2, 0.25) is 0 Å². The third kappa shape index (κ3) is 3.06. The van der Waals surface area contributed by atoms with Crippen molar-refractivity contribution >= 4 is 17.0 Å². The molecule has 0 spiro atoms. The van der Waals surface area contributed by atoms with Crippen LogP contribution in [0.3, 0.4) is 0 Å². The third-order valence-electron chi connectivity index (χ3n) is 4.60. The Bertz CT molecular complexity index is 1080. The molecule has 4 rings (SSSR count). The smallest absolute Gasteiger partial charge is 0.335 e. The molecular formula is C19H21N7O. The summed E-state index contributed by atoms with van der Waals surface area (Å²) in [6.45, 7) is 7.34. The Morgan fingerprint density at radius 3 is 2.78 bits per heavy atom. The zero-order chi connectivity index (χ0) is 18.8. The molecule has 1 saturated heterocycles. The zero-order valence-corrected chi connectivity index (χ0v) is 15.4. The van der Waals surface area contributed by atoms with Crippen LogP contribution in [0, 0.1) is 18.8 Å². The predicted molar refractivity (Wildman–Crippen MR) is 104 cm³/mol. The van der Waals surface area contributed by atoms with Gasteiger partial charge in [0.1, 0.15) is 11.3 Å². The SMILES string of the molecule is CC#CCn1c(=O)n(-c2cccnc2)c2nc(C)nc(N3CCNCC3)c21. The summed E-state index contributed by atoms with van der Waals surface area (Å²) < 4.78 is 3.26. The van der Waals surface area contributed by atoms with Crippen molar-refractivity contribution in [2.24, 2.45) is 0 Å². The van der Waals surface area contributed by atoms with Crippen LogP contribution in [0.4, 0.5) is 5.82 Å². The highest BCUT2D eigenvalue weighted by Gasteiger charge is 2.24. The quantitative estimate of drug-likeness (QED) is 0.691. The first-order chi connectivity index (χ1) is 13.2. The van der Waals surface area contributed by atoms with Crippen LogP contribution in [0.2, 0.25) is 0 Å². The van der Waals surface area contributed by atoms with E-state index in [9.17, 15) is 4.79 Å². The molecule has 3 aromatic heterocycles. The van der Waals surface area contributed by atoms with Gasteiger partial charge in [-0.1, -0.05) is 5.92 Å². The highest BCUT2D eigenvalue weighted by molar-refractivity contribution is 5.86. The monoisotopic (exact) mass is 363 g/mol. The summed E-state index contributed by atoms with van der Waals surface area (Å²) in [4.78, 5) is 28.9.